The Morgan fingerprint density at radius 1 is 1.07 bits per heavy atom. The van der Waals surface area contributed by atoms with Crippen molar-refractivity contribution >= 4 is 51.9 Å². The molecule has 0 atom stereocenters. The lowest BCUT2D eigenvalue weighted by atomic mass is 10.1. The van der Waals surface area contributed by atoms with E-state index < -0.39 is 5.97 Å². The highest BCUT2D eigenvalue weighted by Gasteiger charge is 2.25. The van der Waals surface area contributed by atoms with E-state index in [9.17, 15) is 4.79 Å². The molecule has 0 aliphatic carbocycles. The normalized spacial score (nSPS) is 14.9. The van der Waals surface area contributed by atoms with Gasteiger partial charge in [0.05, 0.1) is 4.88 Å². The average molecular weight is 487 g/mol. The van der Waals surface area contributed by atoms with Gasteiger partial charge in [0.1, 0.15) is 12.4 Å². The van der Waals surface area contributed by atoms with Gasteiger partial charge in [0, 0.05) is 9.13 Å². The molecule has 134 valence electrons. The minimum Gasteiger partial charge on any atom is -0.488 e. The lowest BCUT2D eigenvalue weighted by molar-refractivity contribution is -0.129. The maximum atomic E-state index is 12.2. The molecule has 4 nitrogen and oxygen atoms in total. The summed E-state index contributed by atoms with van der Waals surface area (Å²) >= 11 is 3.75. The summed E-state index contributed by atoms with van der Waals surface area (Å²) in [5.41, 5.74) is 2.13. The van der Waals surface area contributed by atoms with Crippen LogP contribution in [0, 0.1) is 3.57 Å². The summed E-state index contributed by atoms with van der Waals surface area (Å²) in [6, 6.07) is 19.5. The highest BCUT2D eigenvalue weighted by Crippen LogP contribution is 2.26. The zero-order chi connectivity index (χ0) is 18.6. The minimum atomic E-state index is -0.453. The molecule has 3 aromatic rings. The van der Waals surface area contributed by atoms with E-state index in [2.05, 4.69) is 27.6 Å². The molecule has 2 aromatic carbocycles. The Labute approximate surface area is 174 Å². The van der Waals surface area contributed by atoms with Crippen LogP contribution in [-0.4, -0.2) is 11.9 Å². The molecule has 4 rings (SSSR count). The molecule has 0 saturated carbocycles. The first-order valence-electron chi connectivity index (χ1n) is 8.22. The Morgan fingerprint density at radius 3 is 2.67 bits per heavy atom. The van der Waals surface area contributed by atoms with Gasteiger partial charge in [0.2, 0.25) is 5.90 Å². The van der Waals surface area contributed by atoms with Crippen molar-refractivity contribution in [3.8, 4) is 5.75 Å². The number of carbonyl (C=O) groups is 1. The molecular formula is C21H14INO3S. The van der Waals surface area contributed by atoms with Gasteiger partial charge in [-0.15, -0.1) is 11.3 Å². The van der Waals surface area contributed by atoms with Gasteiger partial charge in [-0.25, -0.2) is 9.79 Å². The van der Waals surface area contributed by atoms with Gasteiger partial charge >= 0.3 is 5.97 Å². The van der Waals surface area contributed by atoms with E-state index in [1.165, 1.54) is 14.9 Å². The van der Waals surface area contributed by atoms with Crippen LogP contribution in [0.15, 0.2) is 76.7 Å². The maximum Gasteiger partial charge on any atom is 0.363 e. The third kappa shape index (κ3) is 4.28. The lowest BCUT2D eigenvalue weighted by Gasteiger charge is -2.09. The van der Waals surface area contributed by atoms with Crippen LogP contribution in [0.1, 0.15) is 16.0 Å². The molecule has 0 saturated heterocycles. The van der Waals surface area contributed by atoms with E-state index in [-0.39, 0.29) is 5.70 Å². The van der Waals surface area contributed by atoms with Gasteiger partial charge in [-0.05, 0) is 63.9 Å². The third-order valence-corrected chi connectivity index (χ3v) is 5.45. The number of cyclic esters (lactones) is 1. The van der Waals surface area contributed by atoms with E-state index in [1.54, 1.807) is 6.08 Å². The summed E-state index contributed by atoms with van der Waals surface area (Å²) in [4.78, 5) is 17.3. The van der Waals surface area contributed by atoms with E-state index >= 15 is 0 Å². The third-order valence-electron chi connectivity index (χ3n) is 3.87. The Hall–Kier alpha value is -2.45. The van der Waals surface area contributed by atoms with Crippen molar-refractivity contribution in [2.24, 2.45) is 4.99 Å². The number of thiophene rings is 1. The molecule has 1 aliphatic heterocycles. The van der Waals surface area contributed by atoms with Crippen molar-refractivity contribution in [1.82, 2.24) is 0 Å². The zero-order valence-electron chi connectivity index (χ0n) is 14.1. The topological polar surface area (TPSA) is 47.9 Å². The summed E-state index contributed by atoms with van der Waals surface area (Å²) < 4.78 is 12.4. The number of benzene rings is 2. The van der Waals surface area contributed by atoms with Gasteiger partial charge in [-0.3, -0.25) is 0 Å². The monoisotopic (exact) mass is 487 g/mol. The molecule has 0 amide bonds. The number of rotatable bonds is 5. The Bertz CT molecular complexity index is 1020. The van der Waals surface area contributed by atoms with Crippen molar-refractivity contribution in [2.45, 2.75) is 6.61 Å². The SMILES string of the molecule is O=C1OC(c2cccs2)=N/C1=C/c1ccccc1OCc1ccc(I)cc1. The van der Waals surface area contributed by atoms with Crippen LogP contribution < -0.4 is 4.74 Å². The number of aliphatic imine (C=N–C) groups is 1. The maximum absolute atomic E-state index is 12.2. The van der Waals surface area contributed by atoms with Crippen LogP contribution in [-0.2, 0) is 16.1 Å². The minimum absolute atomic E-state index is 0.267. The summed E-state index contributed by atoms with van der Waals surface area (Å²) in [6.45, 7) is 0.450. The number of esters is 1. The molecule has 27 heavy (non-hydrogen) atoms. The smallest absolute Gasteiger partial charge is 0.363 e. The number of hydrogen-bond donors (Lipinski definition) is 0. The second-order valence-corrected chi connectivity index (χ2v) is 7.96. The van der Waals surface area contributed by atoms with Crippen LogP contribution >= 0.6 is 33.9 Å². The first kappa shape index (κ1) is 17.9. The zero-order valence-corrected chi connectivity index (χ0v) is 17.1. The van der Waals surface area contributed by atoms with Gasteiger partial charge in [-0.2, -0.15) is 0 Å². The Morgan fingerprint density at radius 2 is 1.89 bits per heavy atom. The molecule has 0 radical (unpaired) electrons. The molecule has 2 heterocycles. The van der Waals surface area contributed by atoms with Crippen molar-refractivity contribution in [1.29, 1.82) is 0 Å². The number of ether oxygens (including phenoxy) is 2. The van der Waals surface area contributed by atoms with Gasteiger partial charge in [0.15, 0.2) is 5.70 Å². The fourth-order valence-electron chi connectivity index (χ4n) is 2.54. The second kappa shape index (κ2) is 8.06. The number of halogens is 1. The average Bonchev–Trinajstić information content (AvgIpc) is 3.33. The van der Waals surface area contributed by atoms with Crippen molar-refractivity contribution in [3.05, 3.63) is 91.3 Å². The summed E-state index contributed by atoms with van der Waals surface area (Å²) in [7, 11) is 0. The second-order valence-electron chi connectivity index (χ2n) is 5.77. The van der Waals surface area contributed by atoms with Gasteiger partial charge < -0.3 is 9.47 Å². The molecule has 1 aromatic heterocycles. The van der Waals surface area contributed by atoms with Gasteiger partial charge in [0.25, 0.3) is 0 Å². The summed E-state index contributed by atoms with van der Waals surface area (Å²) in [5, 5.41) is 1.92. The molecule has 0 spiro atoms. The summed E-state index contributed by atoms with van der Waals surface area (Å²) in [6.07, 6.45) is 1.70. The lowest BCUT2D eigenvalue weighted by Crippen LogP contribution is -2.03. The molecule has 1 aliphatic rings. The number of para-hydroxylation sites is 1. The molecule has 6 heteroatoms. The fourth-order valence-corrected chi connectivity index (χ4v) is 3.54. The first-order chi connectivity index (χ1) is 13.2. The van der Waals surface area contributed by atoms with Crippen LogP contribution in [0.3, 0.4) is 0 Å². The number of hydrogen-bond acceptors (Lipinski definition) is 5. The standard InChI is InChI=1S/C21H14INO3S/c22-16-9-7-14(8-10-16)13-25-18-5-2-1-4-15(18)12-17-21(24)26-20(23-17)19-6-3-11-27-19/h1-12H,13H2/b17-12+. The number of carbonyl (C=O) groups excluding carboxylic acids is 1. The predicted molar refractivity (Wildman–Crippen MR) is 115 cm³/mol. The predicted octanol–water partition coefficient (Wildman–Crippen LogP) is 5.28. The van der Waals surface area contributed by atoms with Crippen molar-refractivity contribution < 1.29 is 14.3 Å². The van der Waals surface area contributed by atoms with Crippen LogP contribution in [0.2, 0.25) is 0 Å². The van der Waals surface area contributed by atoms with Crippen LogP contribution in [0.5, 0.6) is 5.75 Å². The number of nitrogens with zero attached hydrogens (tertiary/aromatic N) is 1. The van der Waals surface area contributed by atoms with E-state index in [1.807, 2.05) is 66.0 Å². The van der Waals surface area contributed by atoms with Crippen LogP contribution in [0.4, 0.5) is 0 Å². The molecule has 0 fully saturated rings. The molecule has 0 unspecified atom stereocenters. The first-order valence-corrected chi connectivity index (χ1v) is 10.2. The molecular weight excluding hydrogens is 473 g/mol. The van der Waals surface area contributed by atoms with E-state index in [0.29, 0.717) is 18.3 Å². The highest BCUT2D eigenvalue weighted by atomic mass is 127. The molecule has 0 bridgehead atoms. The highest BCUT2D eigenvalue weighted by molar-refractivity contribution is 14.1. The Balaban J connectivity index is 1.56. The Kier molecular flexibility index (Phi) is 5.35. The summed E-state index contributed by atoms with van der Waals surface area (Å²) in [5.74, 6) is 0.584. The van der Waals surface area contributed by atoms with Crippen molar-refractivity contribution in [3.63, 3.8) is 0 Å². The van der Waals surface area contributed by atoms with Crippen molar-refractivity contribution in [2.75, 3.05) is 0 Å². The van der Waals surface area contributed by atoms with E-state index in [4.69, 9.17) is 9.47 Å². The fraction of sp³-hybridized carbons (Fsp3) is 0.0476. The van der Waals surface area contributed by atoms with Crippen LogP contribution in [0.25, 0.3) is 6.08 Å². The van der Waals surface area contributed by atoms with Gasteiger partial charge in [-0.1, -0.05) is 36.4 Å². The van der Waals surface area contributed by atoms with E-state index in [0.717, 1.165) is 16.0 Å². The largest absolute Gasteiger partial charge is 0.488 e. The molecule has 0 N–H and O–H groups in total. The quantitative estimate of drug-likeness (QED) is 0.280.